The highest BCUT2D eigenvalue weighted by molar-refractivity contribution is 9.10. The van der Waals surface area contributed by atoms with Crippen LogP contribution in [0.25, 0.3) is 17.0 Å². The van der Waals surface area contributed by atoms with Gasteiger partial charge in [-0.1, -0.05) is 46.3 Å². The van der Waals surface area contributed by atoms with Crippen LogP contribution < -0.4 is 0 Å². The van der Waals surface area contributed by atoms with E-state index in [9.17, 15) is 14.4 Å². The van der Waals surface area contributed by atoms with Gasteiger partial charge in [0, 0.05) is 39.3 Å². The van der Waals surface area contributed by atoms with Crippen LogP contribution in [0.2, 0.25) is 0 Å². The molecule has 178 valence electrons. The lowest BCUT2D eigenvalue weighted by Crippen LogP contribution is -2.39. The van der Waals surface area contributed by atoms with Crippen molar-refractivity contribution in [3.63, 3.8) is 0 Å². The molecule has 1 heterocycles. The number of ether oxygens (including phenoxy) is 1. The van der Waals surface area contributed by atoms with Crippen molar-refractivity contribution in [3.8, 4) is 0 Å². The number of para-hydroxylation sites is 1. The molecule has 0 aliphatic carbocycles. The molecule has 0 N–H and O–H groups in total. The Hall–Kier alpha value is -3.19. The van der Waals surface area contributed by atoms with Crippen molar-refractivity contribution in [3.05, 3.63) is 76.4 Å². The number of carbonyl (C=O) groups is 3. The van der Waals surface area contributed by atoms with Gasteiger partial charge < -0.3 is 9.64 Å². The van der Waals surface area contributed by atoms with Crippen LogP contribution in [-0.2, 0) is 9.53 Å². The number of carbonyl (C=O) groups excluding carboxylic acids is 3. The fourth-order valence-corrected chi connectivity index (χ4v) is 3.72. The molecule has 0 bridgehead atoms. The summed E-state index contributed by atoms with van der Waals surface area (Å²) in [5.74, 6) is -0.418. The minimum Gasteiger partial charge on any atom is -0.443 e. The summed E-state index contributed by atoms with van der Waals surface area (Å²) in [4.78, 5) is 40.0. The van der Waals surface area contributed by atoms with Crippen molar-refractivity contribution in [1.82, 2.24) is 9.47 Å². The highest BCUT2D eigenvalue weighted by Crippen LogP contribution is 2.24. The molecule has 3 aromatic rings. The summed E-state index contributed by atoms with van der Waals surface area (Å²) in [5, 5.41) is 0.819. The summed E-state index contributed by atoms with van der Waals surface area (Å²) in [6, 6.07) is 14.3. The van der Waals surface area contributed by atoms with Crippen LogP contribution in [0.15, 0.2) is 65.3 Å². The minimum atomic E-state index is -0.631. The average Bonchev–Trinajstić information content (AvgIpc) is 3.14. The van der Waals surface area contributed by atoms with Crippen molar-refractivity contribution in [2.45, 2.75) is 46.3 Å². The Morgan fingerprint density at radius 3 is 2.32 bits per heavy atom. The van der Waals surface area contributed by atoms with Crippen molar-refractivity contribution in [2.75, 3.05) is 6.54 Å². The van der Waals surface area contributed by atoms with Crippen molar-refractivity contribution < 1.29 is 19.1 Å². The second kappa shape index (κ2) is 10.4. The molecule has 2 aromatic carbocycles. The van der Waals surface area contributed by atoms with E-state index in [4.69, 9.17) is 4.74 Å². The van der Waals surface area contributed by atoms with Crippen LogP contribution in [0.5, 0.6) is 0 Å². The fourth-order valence-electron chi connectivity index (χ4n) is 3.45. The zero-order valence-corrected chi connectivity index (χ0v) is 21.6. The van der Waals surface area contributed by atoms with Gasteiger partial charge in [0.15, 0.2) is 5.78 Å². The van der Waals surface area contributed by atoms with Gasteiger partial charge in [-0.3, -0.25) is 14.2 Å². The molecule has 0 radical (unpaired) electrons. The standard InChI is InChI=1S/C27H29BrN2O4/c1-18(2)29(17-24(31)19-10-13-21(28)14-11-19)25(32)15-12-20-16-30(26(33)34-27(3,4)5)23-9-7-6-8-22(20)23/h6-16,18H,17H2,1-5H3/b15-12+. The van der Waals surface area contributed by atoms with E-state index in [1.165, 1.54) is 15.5 Å². The molecule has 34 heavy (non-hydrogen) atoms. The molecule has 6 nitrogen and oxygen atoms in total. The van der Waals surface area contributed by atoms with Crippen LogP contribution >= 0.6 is 15.9 Å². The first kappa shape index (κ1) is 25.4. The summed E-state index contributed by atoms with van der Waals surface area (Å²) in [6.45, 7) is 9.15. The zero-order chi connectivity index (χ0) is 25.0. The first-order valence-electron chi connectivity index (χ1n) is 11.1. The summed E-state index contributed by atoms with van der Waals surface area (Å²) in [7, 11) is 0. The third kappa shape index (κ3) is 6.23. The van der Waals surface area contributed by atoms with Crippen molar-refractivity contribution >= 4 is 50.7 Å². The summed E-state index contributed by atoms with van der Waals surface area (Å²) < 4.78 is 7.85. The molecule has 0 aliphatic rings. The number of ketones is 1. The van der Waals surface area contributed by atoms with Gasteiger partial charge in [-0.05, 0) is 58.9 Å². The molecular weight excluding hydrogens is 496 g/mol. The van der Waals surface area contributed by atoms with Gasteiger partial charge in [0.05, 0.1) is 12.1 Å². The van der Waals surface area contributed by atoms with E-state index in [0.29, 0.717) is 16.6 Å². The molecule has 3 rings (SSSR count). The van der Waals surface area contributed by atoms with Gasteiger partial charge in [0.2, 0.25) is 5.91 Å². The maximum absolute atomic E-state index is 13.0. The Kier molecular flexibility index (Phi) is 7.77. The average molecular weight is 525 g/mol. The van der Waals surface area contributed by atoms with E-state index in [2.05, 4.69) is 15.9 Å². The number of aromatic nitrogens is 1. The van der Waals surface area contributed by atoms with Gasteiger partial charge >= 0.3 is 6.09 Å². The van der Waals surface area contributed by atoms with E-state index >= 15 is 0 Å². The third-order valence-electron chi connectivity index (χ3n) is 5.13. The van der Waals surface area contributed by atoms with E-state index < -0.39 is 11.7 Å². The van der Waals surface area contributed by atoms with E-state index in [1.807, 2.05) is 58.9 Å². The molecule has 0 atom stereocenters. The molecule has 0 saturated heterocycles. The maximum Gasteiger partial charge on any atom is 0.419 e. The highest BCUT2D eigenvalue weighted by atomic mass is 79.9. The van der Waals surface area contributed by atoms with Crippen LogP contribution in [0.3, 0.4) is 0 Å². The molecular formula is C27H29BrN2O4. The molecule has 0 unspecified atom stereocenters. The molecule has 0 saturated carbocycles. The van der Waals surface area contributed by atoms with Gasteiger partial charge in [0.1, 0.15) is 5.60 Å². The molecule has 1 amide bonds. The minimum absolute atomic E-state index is 0.0257. The fraction of sp³-hybridized carbons (Fsp3) is 0.296. The predicted octanol–water partition coefficient (Wildman–Crippen LogP) is 6.32. The molecule has 0 fully saturated rings. The summed E-state index contributed by atoms with van der Waals surface area (Å²) in [6.07, 6.45) is 4.29. The molecule has 7 heteroatoms. The number of rotatable bonds is 6. The number of nitrogens with zero attached hydrogens (tertiary/aromatic N) is 2. The number of benzene rings is 2. The normalized spacial score (nSPS) is 11.9. The van der Waals surface area contributed by atoms with Crippen molar-refractivity contribution in [2.24, 2.45) is 0 Å². The quantitative estimate of drug-likeness (QED) is 0.279. The SMILES string of the molecule is CC(C)N(CC(=O)c1ccc(Br)cc1)C(=O)/C=C/c1cn(C(=O)OC(C)(C)C)c2ccccc12. The summed E-state index contributed by atoms with van der Waals surface area (Å²) >= 11 is 3.36. The van der Waals surface area contributed by atoms with Crippen molar-refractivity contribution in [1.29, 1.82) is 0 Å². The molecule has 1 aromatic heterocycles. The Bertz CT molecular complexity index is 1230. The smallest absolute Gasteiger partial charge is 0.419 e. The number of halogens is 1. The molecule has 0 spiro atoms. The predicted molar refractivity (Wildman–Crippen MR) is 138 cm³/mol. The van der Waals surface area contributed by atoms with Crippen LogP contribution in [-0.4, -0.2) is 45.4 Å². The van der Waals surface area contributed by atoms with Gasteiger partial charge in [-0.2, -0.15) is 0 Å². The van der Waals surface area contributed by atoms with E-state index in [-0.39, 0.29) is 24.3 Å². The number of fused-ring (bicyclic) bond motifs is 1. The van der Waals surface area contributed by atoms with Crippen LogP contribution in [0.1, 0.15) is 50.5 Å². The number of Topliss-reactive ketones (excluding diaryl/α,β-unsaturated/α-hetero) is 1. The Morgan fingerprint density at radius 1 is 1.06 bits per heavy atom. The second-order valence-corrected chi connectivity index (χ2v) is 10.2. The Labute approximate surface area is 208 Å². The Morgan fingerprint density at radius 2 is 1.71 bits per heavy atom. The summed E-state index contributed by atoms with van der Waals surface area (Å²) in [5.41, 5.74) is 1.31. The first-order valence-corrected chi connectivity index (χ1v) is 11.9. The monoisotopic (exact) mass is 524 g/mol. The maximum atomic E-state index is 13.0. The van der Waals surface area contributed by atoms with E-state index in [0.717, 1.165) is 9.86 Å². The lowest BCUT2D eigenvalue weighted by Gasteiger charge is -2.24. The topological polar surface area (TPSA) is 68.6 Å². The largest absolute Gasteiger partial charge is 0.443 e. The van der Waals surface area contributed by atoms with Gasteiger partial charge in [0.25, 0.3) is 0 Å². The third-order valence-corrected chi connectivity index (χ3v) is 5.65. The number of amides is 1. The van der Waals surface area contributed by atoms with Gasteiger partial charge in [-0.25, -0.2) is 4.79 Å². The first-order chi connectivity index (χ1) is 16.0. The van der Waals surface area contributed by atoms with E-state index in [1.54, 1.807) is 36.5 Å². The second-order valence-electron chi connectivity index (χ2n) is 9.28. The lowest BCUT2D eigenvalue weighted by molar-refractivity contribution is -0.127. The van der Waals surface area contributed by atoms with Gasteiger partial charge in [-0.15, -0.1) is 0 Å². The van der Waals surface area contributed by atoms with Crippen LogP contribution in [0.4, 0.5) is 4.79 Å². The van der Waals surface area contributed by atoms with Crippen LogP contribution in [0, 0.1) is 0 Å². The number of hydrogen-bond acceptors (Lipinski definition) is 4. The highest BCUT2D eigenvalue weighted by Gasteiger charge is 2.21. The number of hydrogen-bond donors (Lipinski definition) is 0. The molecule has 0 aliphatic heterocycles. The Balaban J connectivity index is 1.84. The zero-order valence-electron chi connectivity index (χ0n) is 20.0. The lowest BCUT2D eigenvalue weighted by atomic mass is 10.1.